The zero-order valence-electron chi connectivity index (χ0n) is 16.2. The highest BCUT2D eigenvalue weighted by Crippen LogP contribution is 2.29. The number of thiophene rings is 1. The van der Waals surface area contributed by atoms with Crippen molar-refractivity contribution in [3.8, 4) is 10.6 Å². The van der Waals surface area contributed by atoms with E-state index in [1.807, 2.05) is 35.9 Å². The maximum absolute atomic E-state index is 13.1. The molecule has 3 heterocycles. The van der Waals surface area contributed by atoms with E-state index in [0.29, 0.717) is 11.4 Å². The summed E-state index contributed by atoms with van der Waals surface area (Å²) in [7, 11) is 0. The fraction of sp³-hybridized carbons (Fsp3) is 0.333. The first-order valence-electron chi connectivity index (χ1n) is 9.61. The van der Waals surface area contributed by atoms with Gasteiger partial charge in [0, 0.05) is 55.9 Å². The normalized spacial score (nSPS) is 14.9. The van der Waals surface area contributed by atoms with Gasteiger partial charge in [0.05, 0.1) is 5.69 Å². The number of halogens is 1. The van der Waals surface area contributed by atoms with Gasteiger partial charge in [-0.1, -0.05) is 0 Å². The molecule has 0 aliphatic carbocycles. The zero-order valence-corrected chi connectivity index (χ0v) is 17.9. The minimum absolute atomic E-state index is 0.0496. The molecule has 0 bridgehead atoms. The fourth-order valence-corrected chi connectivity index (χ4v) is 5.10. The van der Waals surface area contributed by atoms with Crippen molar-refractivity contribution >= 4 is 34.3 Å². The molecule has 3 aromatic rings. The van der Waals surface area contributed by atoms with Crippen molar-refractivity contribution in [1.82, 2.24) is 15.2 Å². The van der Waals surface area contributed by atoms with E-state index in [9.17, 15) is 9.18 Å². The van der Waals surface area contributed by atoms with Crippen LogP contribution in [0, 0.1) is 12.7 Å². The number of benzene rings is 1. The van der Waals surface area contributed by atoms with E-state index in [4.69, 9.17) is 0 Å². The lowest BCUT2D eigenvalue weighted by Crippen LogP contribution is -2.48. The molecular weight excluding hydrogens is 407 g/mol. The number of amides is 1. The molecule has 2 aromatic heterocycles. The molecule has 5 nitrogen and oxygen atoms in total. The van der Waals surface area contributed by atoms with Crippen LogP contribution in [0.25, 0.3) is 10.6 Å². The molecule has 0 spiro atoms. The van der Waals surface area contributed by atoms with Crippen molar-refractivity contribution in [3.05, 3.63) is 57.5 Å². The van der Waals surface area contributed by atoms with Gasteiger partial charge in [-0.2, -0.15) is 11.3 Å². The summed E-state index contributed by atoms with van der Waals surface area (Å²) in [6.45, 7) is 6.97. The van der Waals surface area contributed by atoms with E-state index in [1.54, 1.807) is 11.3 Å². The second-order valence-corrected chi connectivity index (χ2v) is 8.79. The van der Waals surface area contributed by atoms with Gasteiger partial charge < -0.3 is 10.2 Å². The van der Waals surface area contributed by atoms with Crippen molar-refractivity contribution in [3.63, 3.8) is 0 Å². The van der Waals surface area contributed by atoms with Gasteiger partial charge in [0.15, 0.2) is 0 Å². The second-order valence-electron chi connectivity index (χ2n) is 7.01. The van der Waals surface area contributed by atoms with Crippen LogP contribution < -0.4 is 10.2 Å². The summed E-state index contributed by atoms with van der Waals surface area (Å²) < 4.78 is 13.1. The minimum Gasteiger partial charge on any atom is -0.369 e. The third-order valence-corrected chi connectivity index (χ3v) is 6.94. The summed E-state index contributed by atoms with van der Waals surface area (Å²) in [6.07, 6.45) is 0. The first-order valence-corrected chi connectivity index (χ1v) is 11.4. The van der Waals surface area contributed by atoms with Crippen LogP contribution in [0.5, 0.6) is 0 Å². The Kier molecular flexibility index (Phi) is 6.22. The number of aryl methyl sites for hydroxylation is 1. The number of nitrogens with one attached hydrogen (secondary N) is 1. The van der Waals surface area contributed by atoms with E-state index < -0.39 is 0 Å². The summed E-state index contributed by atoms with van der Waals surface area (Å²) >= 11 is 3.07. The summed E-state index contributed by atoms with van der Waals surface area (Å²) in [6, 6.07) is 8.68. The SMILES string of the molecule is Cc1nc(-c2ccsc2)sc1C(=O)NCCN1CCN(c2ccc(F)cc2)CC1. The number of aromatic nitrogens is 1. The number of nitrogens with zero attached hydrogens (tertiary/aromatic N) is 3. The minimum atomic E-state index is -0.207. The second kappa shape index (κ2) is 9.02. The number of rotatable bonds is 6. The summed E-state index contributed by atoms with van der Waals surface area (Å²) in [5.74, 6) is -0.256. The van der Waals surface area contributed by atoms with Gasteiger partial charge in [0.2, 0.25) is 0 Å². The maximum atomic E-state index is 13.1. The predicted octanol–water partition coefficient (Wildman–Crippen LogP) is 3.87. The molecule has 1 N–H and O–H groups in total. The van der Waals surface area contributed by atoms with Crippen LogP contribution in [0.1, 0.15) is 15.4 Å². The average Bonchev–Trinajstić information content (AvgIpc) is 3.39. The van der Waals surface area contributed by atoms with Crippen LogP contribution in [0.2, 0.25) is 0 Å². The van der Waals surface area contributed by atoms with E-state index in [1.165, 1.54) is 23.5 Å². The molecule has 0 unspecified atom stereocenters. The molecule has 152 valence electrons. The molecule has 1 saturated heterocycles. The highest BCUT2D eigenvalue weighted by atomic mass is 32.1. The Morgan fingerprint density at radius 1 is 1.17 bits per heavy atom. The lowest BCUT2D eigenvalue weighted by molar-refractivity contribution is 0.0951. The molecule has 1 fully saturated rings. The molecule has 1 aromatic carbocycles. The number of thiazole rings is 1. The highest BCUT2D eigenvalue weighted by Gasteiger charge is 2.19. The Morgan fingerprint density at radius 3 is 2.62 bits per heavy atom. The predicted molar refractivity (Wildman–Crippen MR) is 118 cm³/mol. The Hall–Kier alpha value is -2.29. The zero-order chi connectivity index (χ0) is 20.2. The number of anilines is 1. The van der Waals surface area contributed by atoms with Crippen molar-refractivity contribution in [1.29, 1.82) is 0 Å². The van der Waals surface area contributed by atoms with Gasteiger partial charge in [0.25, 0.3) is 5.91 Å². The molecule has 0 saturated carbocycles. The quantitative estimate of drug-likeness (QED) is 0.645. The van der Waals surface area contributed by atoms with Crippen molar-refractivity contribution in [2.75, 3.05) is 44.2 Å². The molecule has 29 heavy (non-hydrogen) atoms. The Labute approximate surface area is 177 Å². The van der Waals surface area contributed by atoms with Gasteiger partial charge in [0.1, 0.15) is 15.7 Å². The van der Waals surface area contributed by atoms with E-state index in [-0.39, 0.29) is 11.7 Å². The number of carbonyl (C=O) groups is 1. The smallest absolute Gasteiger partial charge is 0.263 e. The molecule has 0 radical (unpaired) electrons. The maximum Gasteiger partial charge on any atom is 0.263 e. The largest absolute Gasteiger partial charge is 0.369 e. The van der Waals surface area contributed by atoms with Gasteiger partial charge in [-0.15, -0.1) is 11.3 Å². The van der Waals surface area contributed by atoms with E-state index >= 15 is 0 Å². The van der Waals surface area contributed by atoms with Crippen LogP contribution in [0.15, 0.2) is 41.1 Å². The van der Waals surface area contributed by atoms with Crippen LogP contribution in [-0.2, 0) is 0 Å². The summed E-state index contributed by atoms with van der Waals surface area (Å²) in [4.78, 5) is 22.4. The number of hydrogen-bond donors (Lipinski definition) is 1. The molecule has 1 aliphatic heterocycles. The summed E-state index contributed by atoms with van der Waals surface area (Å²) in [5.41, 5.74) is 2.91. The van der Waals surface area contributed by atoms with E-state index in [2.05, 4.69) is 20.1 Å². The molecule has 1 aliphatic rings. The third kappa shape index (κ3) is 4.83. The highest BCUT2D eigenvalue weighted by molar-refractivity contribution is 7.17. The van der Waals surface area contributed by atoms with Crippen molar-refractivity contribution < 1.29 is 9.18 Å². The number of hydrogen-bond acceptors (Lipinski definition) is 6. The fourth-order valence-electron chi connectivity index (χ4n) is 3.41. The van der Waals surface area contributed by atoms with Gasteiger partial charge in [-0.25, -0.2) is 9.37 Å². The Balaban J connectivity index is 1.24. The first-order chi connectivity index (χ1) is 14.1. The molecule has 4 rings (SSSR count). The molecule has 1 amide bonds. The van der Waals surface area contributed by atoms with Crippen LogP contribution in [-0.4, -0.2) is 55.1 Å². The molecule has 0 atom stereocenters. The van der Waals surface area contributed by atoms with Gasteiger partial charge in [-0.3, -0.25) is 9.69 Å². The van der Waals surface area contributed by atoms with Crippen LogP contribution in [0.3, 0.4) is 0 Å². The van der Waals surface area contributed by atoms with Crippen LogP contribution in [0.4, 0.5) is 10.1 Å². The monoisotopic (exact) mass is 430 g/mol. The molecule has 8 heteroatoms. The lowest BCUT2D eigenvalue weighted by atomic mass is 10.2. The first kappa shape index (κ1) is 20.0. The topological polar surface area (TPSA) is 48.5 Å². The van der Waals surface area contributed by atoms with E-state index in [0.717, 1.165) is 54.7 Å². The van der Waals surface area contributed by atoms with Gasteiger partial charge in [-0.05, 0) is 42.6 Å². The number of piperazine rings is 1. The average molecular weight is 431 g/mol. The third-order valence-electron chi connectivity index (χ3n) is 5.05. The molecular formula is C21H23FN4OS2. The Bertz CT molecular complexity index is 948. The lowest BCUT2D eigenvalue weighted by Gasteiger charge is -2.36. The Morgan fingerprint density at radius 2 is 1.93 bits per heavy atom. The van der Waals surface area contributed by atoms with Crippen molar-refractivity contribution in [2.45, 2.75) is 6.92 Å². The number of carbonyl (C=O) groups excluding carboxylic acids is 1. The van der Waals surface area contributed by atoms with Crippen molar-refractivity contribution in [2.24, 2.45) is 0 Å². The van der Waals surface area contributed by atoms with Gasteiger partial charge >= 0.3 is 0 Å². The standard InChI is InChI=1S/C21H23FN4OS2/c1-15-19(29-21(24-15)16-6-13-28-14-16)20(27)23-7-8-25-9-11-26(12-10-25)18-4-2-17(22)3-5-18/h2-6,13-14H,7-12H2,1H3,(H,23,27). The summed E-state index contributed by atoms with van der Waals surface area (Å²) in [5, 5.41) is 7.99. The van der Waals surface area contributed by atoms with Crippen LogP contribution >= 0.6 is 22.7 Å².